The average molecular weight is 495 g/mol. The predicted octanol–water partition coefficient (Wildman–Crippen LogP) is 5.95. The molecule has 0 aromatic heterocycles. The zero-order valence-electron chi connectivity index (χ0n) is 19.2. The van der Waals surface area contributed by atoms with Crippen LogP contribution in [-0.2, 0) is 0 Å². The maximum absolute atomic E-state index is 12.6. The number of rotatable bonds is 9. The summed E-state index contributed by atoms with van der Waals surface area (Å²) in [6.45, 7) is 3.77. The van der Waals surface area contributed by atoms with Crippen molar-refractivity contribution < 1.29 is 24.2 Å². The Morgan fingerprint density at radius 3 is 2.37 bits per heavy atom. The third-order valence-corrected chi connectivity index (χ3v) is 6.07. The van der Waals surface area contributed by atoms with E-state index in [9.17, 15) is 14.7 Å². The second kappa shape index (κ2) is 11.7. The van der Waals surface area contributed by atoms with Crippen LogP contribution in [0.3, 0.4) is 0 Å². The Morgan fingerprint density at radius 2 is 1.66 bits per heavy atom. The molecule has 0 atom stereocenters. The van der Waals surface area contributed by atoms with Crippen molar-refractivity contribution in [2.45, 2.75) is 19.3 Å². The van der Waals surface area contributed by atoms with Crippen molar-refractivity contribution in [3.05, 3.63) is 82.9 Å². The first-order chi connectivity index (χ1) is 17.0. The predicted molar refractivity (Wildman–Crippen MR) is 135 cm³/mol. The number of nitrogens with one attached hydrogen (secondary N) is 1. The number of nitrogens with zero attached hydrogens (tertiary/aromatic N) is 1. The minimum absolute atomic E-state index is 0.0226. The van der Waals surface area contributed by atoms with E-state index in [1.165, 1.54) is 25.3 Å². The number of likely N-dealkylation sites (tertiary alicyclic amines) is 1. The first-order valence-corrected chi connectivity index (χ1v) is 11.9. The lowest BCUT2D eigenvalue weighted by atomic mass is 10.1. The van der Waals surface area contributed by atoms with Crippen LogP contribution in [0.2, 0.25) is 5.02 Å². The van der Waals surface area contributed by atoms with Crippen molar-refractivity contribution in [2.24, 2.45) is 0 Å². The SMILES string of the molecule is O=C(Nc1ccccc1C(=O)O)c1ccc(Oc2ccc(OCCN3CCCCC3)cc2Cl)cc1. The summed E-state index contributed by atoms with van der Waals surface area (Å²) in [7, 11) is 0. The third kappa shape index (κ3) is 6.74. The van der Waals surface area contributed by atoms with Crippen LogP contribution in [0, 0.1) is 0 Å². The third-order valence-electron chi connectivity index (χ3n) is 5.78. The Kier molecular flexibility index (Phi) is 8.23. The van der Waals surface area contributed by atoms with Crippen LogP contribution in [0.1, 0.15) is 40.0 Å². The molecule has 35 heavy (non-hydrogen) atoms. The largest absolute Gasteiger partial charge is 0.492 e. The van der Waals surface area contributed by atoms with Crippen molar-refractivity contribution in [2.75, 3.05) is 31.6 Å². The molecule has 0 radical (unpaired) electrons. The minimum Gasteiger partial charge on any atom is -0.492 e. The standard InChI is InChI=1S/C27H27ClN2O5/c28-23-18-21(34-17-16-30-14-4-1-5-15-30)12-13-25(23)35-20-10-8-19(9-11-20)26(31)29-24-7-3-2-6-22(24)27(32)33/h2-3,6-13,18H,1,4-5,14-17H2,(H,29,31)(H,32,33). The van der Waals surface area contributed by atoms with Crippen LogP contribution in [-0.4, -0.2) is 48.1 Å². The van der Waals surface area contributed by atoms with Gasteiger partial charge in [0.1, 0.15) is 23.9 Å². The van der Waals surface area contributed by atoms with Crippen LogP contribution in [0.25, 0.3) is 0 Å². The summed E-state index contributed by atoms with van der Waals surface area (Å²) in [4.78, 5) is 26.3. The molecule has 1 aliphatic heterocycles. The number of para-hydroxylation sites is 1. The van der Waals surface area contributed by atoms with Gasteiger partial charge in [-0.15, -0.1) is 0 Å². The molecular weight excluding hydrogens is 468 g/mol. The number of carboxylic acid groups (broad SMARTS) is 1. The maximum Gasteiger partial charge on any atom is 0.337 e. The highest BCUT2D eigenvalue weighted by Gasteiger charge is 2.14. The topological polar surface area (TPSA) is 88.1 Å². The molecule has 3 aromatic rings. The van der Waals surface area contributed by atoms with E-state index < -0.39 is 11.9 Å². The molecule has 1 fully saturated rings. The Morgan fingerprint density at radius 1 is 0.943 bits per heavy atom. The Bertz CT molecular complexity index is 1180. The summed E-state index contributed by atoms with van der Waals surface area (Å²) in [5.74, 6) is 0.137. The summed E-state index contributed by atoms with van der Waals surface area (Å²) in [6.07, 6.45) is 3.82. The molecule has 0 aliphatic carbocycles. The molecule has 0 spiro atoms. The number of piperidine rings is 1. The number of benzene rings is 3. The molecule has 8 heteroatoms. The quantitative estimate of drug-likeness (QED) is 0.382. The number of amides is 1. The van der Waals surface area contributed by atoms with Crippen molar-refractivity contribution in [1.82, 2.24) is 4.90 Å². The lowest BCUT2D eigenvalue weighted by Crippen LogP contribution is -2.33. The molecule has 1 aliphatic rings. The number of ether oxygens (including phenoxy) is 2. The number of hydrogen-bond acceptors (Lipinski definition) is 5. The molecule has 0 saturated carbocycles. The van der Waals surface area contributed by atoms with E-state index in [0.29, 0.717) is 34.4 Å². The van der Waals surface area contributed by atoms with Crippen LogP contribution in [0.4, 0.5) is 5.69 Å². The fraction of sp³-hybridized carbons (Fsp3) is 0.259. The maximum atomic E-state index is 12.6. The summed E-state index contributed by atoms with van der Waals surface area (Å²) in [5, 5.41) is 12.3. The smallest absolute Gasteiger partial charge is 0.337 e. The second-order valence-corrected chi connectivity index (χ2v) is 8.68. The number of carbonyl (C=O) groups excluding carboxylic acids is 1. The molecular formula is C27H27ClN2O5. The van der Waals surface area contributed by atoms with E-state index in [-0.39, 0.29) is 11.3 Å². The lowest BCUT2D eigenvalue weighted by molar-refractivity contribution is 0.0698. The molecule has 1 amide bonds. The van der Waals surface area contributed by atoms with E-state index in [2.05, 4.69) is 10.2 Å². The highest BCUT2D eigenvalue weighted by Crippen LogP contribution is 2.32. The van der Waals surface area contributed by atoms with Gasteiger partial charge in [-0.1, -0.05) is 30.2 Å². The fourth-order valence-corrected chi connectivity index (χ4v) is 4.11. The van der Waals surface area contributed by atoms with E-state index in [4.69, 9.17) is 21.1 Å². The summed E-state index contributed by atoms with van der Waals surface area (Å²) in [6, 6.07) is 18.0. The van der Waals surface area contributed by atoms with Crippen molar-refractivity contribution in [3.8, 4) is 17.2 Å². The van der Waals surface area contributed by atoms with Gasteiger partial charge in [0.05, 0.1) is 16.3 Å². The summed E-state index contributed by atoms with van der Waals surface area (Å²) in [5.41, 5.74) is 0.616. The van der Waals surface area contributed by atoms with Crippen molar-refractivity contribution in [3.63, 3.8) is 0 Å². The summed E-state index contributed by atoms with van der Waals surface area (Å²) < 4.78 is 11.7. The van der Waals surface area contributed by atoms with E-state index in [1.54, 1.807) is 54.6 Å². The van der Waals surface area contributed by atoms with Gasteiger partial charge in [0, 0.05) is 18.2 Å². The number of hydrogen-bond donors (Lipinski definition) is 2. The number of halogens is 1. The Balaban J connectivity index is 1.32. The molecule has 1 saturated heterocycles. The Hall–Kier alpha value is -3.55. The fourth-order valence-electron chi connectivity index (χ4n) is 3.90. The van der Waals surface area contributed by atoms with Gasteiger partial charge in [0.2, 0.25) is 0 Å². The van der Waals surface area contributed by atoms with Crippen LogP contribution in [0.5, 0.6) is 17.2 Å². The Labute approximate surface area is 209 Å². The first kappa shape index (κ1) is 24.6. The highest BCUT2D eigenvalue weighted by atomic mass is 35.5. The van der Waals surface area contributed by atoms with Gasteiger partial charge in [0.25, 0.3) is 5.91 Å². The van der Waals surface area contributed by atoms with E-state index >= 15 is 0 Å². The van der Waals surface area contributed by atoms with E-state index in [1.807, 2.05) is 6.07 Å². The molecule has 3 aromatic carbocycles. The van der Waals surface area contributed by atoms with E-state index in [0.717, 1.165) is 19.6 Å². The van der Waals surface area contributed by atoms with Crippen molar-refractivity contribution >= 4 is 29.2 Å². The van der Waals surface area contributed by atoms with Crippen LogP contribution >= 0.6 is 11.6 Å². The number of carbonyl (C=O) groups is 2. The molecule has 0 unspecified atom stereocenters. The average Bonchev–Trinajstić information content (AvgIpc) is 2.87. The molecule has 182 valence electrons. The molecule has 4 rings (SSSR count). The van der Waals surface area contributed by atoms with Gasteiger partial charge in [-0.05, 0) is 74.5 Å². The van der Waals surface area contributed by atoms with Gasteiger partial charge in [-0.2, -0.15) is 0 Å². The van der Waals surface area contributed by atoms with Crippen molar-refractivity contribution in [1.29, 1.82) is 0 Å². The normalized spacial score (nSPS) is 13.7. The lowest BCUT2D eigenvalue weighted by Gasteiger charge is -2.26. The van der Waals surface area contributed by atoms with Gasteiger partial charge in [-0.3, -0.25) is 9.69 Å². The van der Waals surface area contributed by atoms with Gasteiger partial charge < -0.3 is 19.9 Å². The minimum atomic E-state index is -1.11. The summed E-state index contributed by atoms with van der Waals surface area (Å²) >= 11 is 6.39. The molecule has 2 N–H and O–H groups in total. The number of carboxylic acids is 1. The first-order valence-electron chi connectivity index (χ1n) is 11.6. The molecule has 1 heterocycles. The van der Waals surface area contributed by atoms with Gasteiger partial charge in [0.15, 0.2) is 0 Å². The zero-order valence-corrected chi connectivity index (χ0v) is 20.0. The zero-order chi connectivity index (χ0) is 24.6. The highest BCUT2D eigenvalue weighted by molar-refractivity contribution is 6.32. The second-order valence-electron chi connectivity index (χ2n) is 8.27. The molecule has 7 nitrogen and oxygen atoms in total. The monoisotopic (exact) mass is 494 g/mol. The van der Waals surface area contributed by atoms with Crippen LogP contribution < -0.4 is 14.8 Å². The number of anilines is 1. The molecule has 0 bridgehead atoms. The van der Waals surface area contributed by atoms with Crippen LogP contribution in [0.15, 0.2) is 66.7 Å². The number of aromatic carboxylic acids is 1. The van der Waals surface area contributed by atoms with Gasteiger partial charge in [-0.25, -0.2) is 4.79 Å². The van der Waals surface area contributed by atoms with Gasteiger partial charge >= 0.3 is 5.97 Å².